The number of carbonyl (C=O) groups excluding carboxylic acids is 2. The molecule has 1 saturated carbocycles. The summed E-state index contributed by atoms with van der Waals surface area (Å²) in [6, 6.07) is 11.3. The van der Waals surface area contributed by atoms with Crippen LogP contribution < -0.4 is 15.4 Å². The van der Waals surface area contributed by atoms with Crippen LogP contribution in [0.25, 0.3) is 10.3 Å². The van der Waals surface area contributed by atoms with Gasteiger partial charge in [-0.05, 0) is 49.6 Å². The Kier molecular flexibility index (Phi) is 6.50. The minimum atomic E-state index is -4.69. The summed E-state index contributed by atoms with van der Waals surface area (Å²) in [5, 5.41) is 5.15. The van der Waals surface area contributed by atoms with E-state index < -0.39 is 22.7 Å². The van der Waals surface area contributed by atoms with Gasteiger partial charge in [-0.15, -0.1) is 0 Å². The van der Waals surface area contributed by atoms with Crippen LogP contribution in [-0.2, 0) is 11.0 Å². The molecule has 0 aliphatic heterocycles. The average molecular weight is 547 g/mol. The molecule has 2 heterocycles. The lowest BCUT2D eigenvalue weighted by atomic mass is 10.1. The van der Waals surface area contributed by atoms with E-state index in [9.17, 15) is 22.8 Å². The quantitative estimate of drug-likeness (QED) is 0.270. The van der Waals surface area contributed by atoms with Crippen molar-refractivity contribution in [2.24, 2.45) is 5.92 Å². The predicted octanol–water partition coefficient (Wildman–Crippen LogP) is 7.07. The van der Waals surface area contributed by atoms with Gasteiger partial charge in [-0.1, -0.05) is 35.1 Å². The molecule has 0 saturated heterocycles. The first-order valence-electron chi connectivity index (χ1n) is 11.1. The summed E-state index contributed by atoms with van der Waals surface area (Å²) in [5.74, 6) is -0.137. The van der Waals surface area contributed by atoms with Crippen molar-refractivity contribution in [3.63, 3.8) is 0 Å². The molecular formula is C25H18ClF3N4O3S. The average Bonchev–Trinajstić information content (AvgIpc) is 3.61. The molecule has 0 atom stereocenters. The second-order valence-corrected chi connectivity index (χ2v) is 9.81. The molecule has 7 nitrogen and oxygen atoms in total. The zero-order chi connectivity index (χ0) is 26.3. The van der Waals surface area contributed by atoms with E-state index in [0.29, 0.717) is 26.9 Å². The molecule has 2 aromatic carbocycles. The number of nitrogens with one attached hydrogen (secondary N) is 2. The number of amides is 2. The fourth-order valence-electron chi connectivity index (χ4n) is 3.49. The number of aromatic nitrogens is 2. The lowest BCUT2D eigenvalue weighted by Gasteiger charge is -2.13. The molecule has 2 aromatic heterocycles. The first-order valence-corrected chi connectivity index (χ1v) is 12.3. The van der Waals surface area contributed by atoms with Crippen molar-refractivity contribution in [3.8, 4) is 11.6 Å². The molecule has 12 heteroatoms. The number of benzene rings is 2. The zero-order valence-corrected chi connectivity index (χ0v) is 20.7. The number of carbonyl (C=O) groups is 2. The van der Waals surface area contributed by atoms with E-state index in [2.05, 4.69) is 20.6 Å². The zero-order valence-electron chi connectivity index (χ0n) is 19.1. The van der Waals surface area contributed by atoms with Gasteiger partial charge in [-0.25, -0.2) is 9.97 Å². The van der Waals surface area contributed by atoms with E-state index in [-0.39, 0.29) is 23.3 Å². The van der Waals surface area contributed by atoms with Crippen LogP contribution in [0.4, 0.5) is 24.0 Å². The first kappa shape index (κ1) is 25.0. The Labute approximate surface area is 217 Å². The number of aryl methyl sites for hydroxylation is 1. The maximum Gasteiger partial charge on any atom is 0.417 e. The standard InChI is InChI=1S/C25H18ClF3N4O3S/c1-12-5-8-14(30-22(35)15-3-2-4-16(20(15)26)25(27,28)29)11-18(12)36-19-10-9-17-23(32-19)37-24(31-17)33-21(34)13-6-7-13/h2-5,8-11,13H,6-7H2,1H3,(H,30,35)(H,31,33,34). The highest BCUT2D eigenvalue weighted by Crippen LogP contribution is 2.37. The van der Waals surface area contributed by atoms with E-state index in [4.69, 9.17) is 16.3 Å². The molecule has 4 aromatic rings. The van der Waals surface area contributed by atoms with Crippen LogP contribution >= 0.6 is 22.9 Å². The number of hydrogen-bond acceptors (Lipinski definition) is 6. The van der Waals surface area contributed by atoms with Crippen molar-refractivity contribution in [2.45, 2.75) is 25.9 Å². The summed E-state index contributed by atoms with van der Waals surface area (Å²) in [6.07, 6.45) is -2.91. The molecule has 0 spiro atoms. The third-order valence-electron chi connectivity index (χ3n) is 5.62. The second kappa shape index (κ2) is 9.64. The minimum absolute atomic E-state index is 0.0450. The Bertz CT molecular complexity index is 1540. The summed E-state index contributed by atoms with van der Waals surface area (Å²) in [7, 11) is 0. The summed E-state index contributed by atoms with van der Waals surface area (Å²) in [4.78, 5) is 34.1. The Morgan fingerprint density at radius 2 is 1.86 bits per heavy atom. The van der Waals surface area contributed by atoms with Gasteiger partial charge in [0.2, 0.25) is 11.8 Å². The molecule has 1 aliphatic rings. The highest BCUT2D eigenvalue weighted by molar-refractivity contribution is 7.21. The number of anilines is 2. The van der Waals surface area contributed by atoms with Gasteiger partial charge >= 0.3 is 6.18 Å². The van der Waals surface area contributed by atoms with Crippen LogP contribution in [0.3, 0.4) is 0 Å². The highest BCUT2D eigenvalue weighted by Gasteiger charge is 2.34. The van der Waals surface area contributed by atoms with Gasteiger partial charge < -0.3 is 15.4 Å². The van der Waals surface area contributed by atoms with Crippen molar-refractivity contribution in [2.75, 3.05) is 10.6 Å². The summed E-state index contributed by atoms with van der Waals surface area (Å²) in [5.41, 5.74) is 0.247. The van der Waals surface area contributed by atoms with E-state index in [1.54, 1.807) is 31.2 Å². The van der Waals surface area contributed by atoms with Gasteiger partial charge in [0.15, 0.2) is 5.13 Å². The van der Waals surface area contributed by atoms with Gasteiger partial charge in [0.25, 0.3) is 5.91 Å². The highest BCUT2D eigenvalue weighted by atomic mass is 35.5. The minimum Gasteiger partial charge on any atom is -0.439 e. The number of ether oxygens (including phenoxy) is 1. The first-order chi connectivity index (χ1) is 17.6. The molecule has 0 bridgehead atoms. The Morgan fingerprint density at radius 1 is 1.08 bits per heavy atom. The third-order valence-corrected chi connectivity index (χ3v) is 6.91. The number of thiazole rings is 1. The molecule has 190 valence electrons. The SMILES string of the molecule is Cc1ccc(NC(=O)c2cccc(C(F)(F)F)c2Cl)cc1Oc1ccc2nc(NC(=O)C3CC3)sc2n1. The number of halogens is 4. The summed E-state index contributed by atoms with van der Waals surface area (Å²) < 4.78 is 45.4. The van der Waals surface area contributed by atoms with Crippen LogP contribution in [0.15, 0.2) is 48.5 Å². The molecular weight excluding hydrogens is 529 g/mol. The number of pyridine rings is 1. The van der Waals surface area contributed by atoms with E-state index in [0.717, 1.165) is 30.5 Å². The van der Waals surface area contributed by atoms with Crippen molar-refractivity contribution >= 4 is 55.9 Å². The fourth-order valence-corrected chi connectivity index (χ4v) is 4.64. The van der Waals surface area contributed by atoms with Crippen LogP contribution in [0.2, 0.25) is 5.02 Å². The summed E-state index contributed by atoms with van der Waals surface area (Å²) >= 11 is 7.10. The number of hydrogen-bond donors (Lipinski definition) is 2. The predicted molar refractivity (Wildman–Crippen MR) is 134 cm³/mol. The van der Waals surface area contributed by atoms with Crippen LogP contribution in [0.1, 0.15) is 34.3 Å². The topological polar surface area (TPSA) is 93.2 Å². The monoisotopic (exact) mass is 546 g/mol. The number of fused-ring (bicyclic) bond motifs is 1. The molecule has 37 heavy (non-hydrogen) atoms. The van der Waals surface area contributed by atoms with Gasteiger partial charge in [-0.3, -0.25) is 9.59 Å². The molecule has 2 N–H and O–H groups in total. The molecule has 0 radical (unpaired) electrons. The van der Waals surface area contributed by atoms with Gasteiger partial charge in [0.1, 0.15) is 16.1 Å². The molecule has 2 amide bonds. The smallest absolute Gasteiger partial charge is 0.417 e. The third kappa shape index (κ3) is 5.52. The molecule has 0 unspecified atom stereocenters. The molecule has 1 fully saturated rings. The van der Waals surface area contributed by atoms with Crippen molar-refractivity contribution < 1.29 is 27.5 Å². The van der Waals surface area contributed by atoms with E-state index >= 15 is 0 Å². The lowest BCUT2D eigenvalue weighted by Crippen LogP contribution is -2.15. The maximum atomic E-state index is 13.2. The normalized spacial score (nSPS) is 13.4. The summed E-state index contributed by atoms with van der Waals surface area (Å²) in [6.45, 7) is 1.79. The van der Waals surface area contributed by atoms with Crippen molar-refractivity contribution in [1.82, 2.24) is 9.97 Å². The fraction of sp³-hybridized carbons (Fsp3) is 0.200. The lowest BCUT2D eigenvalue weighted by molar-refractivity contribution is -0.137. The van der Waals surface area contributed by atoms with Crippen LogP contribution in [0.5, 0.6) is 11.6 Å². The molecule has 1 aliphatic carbocycles. The Balaban J connectivity index is 1.33. The second-order valence-electron chi connectivity index (χ2n) is 8.46. The van der Waals surface area contributed by atoms with E-state index in [1.807, 2.05) is 0 Å². The van der Waals surface area contributed by atoms with Crippen molar-refractivity contribution in [3.05, 3.63) is 70.2 Å². The largest absolute Gasteiger partial charge is 0.439 e. The number of nitrogens with zero attached hydrogens (tertiary/aromatic N) is 2. The van der Waals surface area contributed by atoms with E-state index in [1.165, 1.54) is 23.5 Å². The number of alkyl halides is 3. The Morgan fingerprint density at radius 3 is 2.59 bits per heavy atom. The maximum absolute atomic E-state index is 13.2. The van der Waals surface area contributed by atoms with Gasteiger partial charge in [0.05, 0.1) is 16.1 Å². The number of rotatable bonds is 6. The molecule has 5 rings (SSSR count). The van der Waals surface area contributed by atoms with Crippen molar-refractivity contribution in [1.29, 1.82) is 0 Å². The Hall–Kier alpha value is -3.70. The van der Waals surface area contributed by atoms with Gasteiger partial charge in [0, 0.05) is 23.7 Å². The van der Waals surface area contributed by atoms with Crippen LogP contribution in [0, 0.1) is 12.8 Å². The van der Waals surface area contributed by atoms with Gasteiger partial charge in [-0.2, -0.15) is 13.2 Å². The van der Waals surface area contributed by atoms with Crippen LogP contribution in [-0.4, -0.2) is 21.8 Å².